The predicted octanol–water partition coefficient (Wildman–Crippen LogP) is 3.15. The van der Waals surface area contributed by atoms with Crippen LogP contribution in [0.5, 0.6) is 0 Å². The number of likely N-dealkylation sites (tertiary alicyclic amines) is 2. The van der Waals surface area contributed by atoms with Crippen molar-refractivity contribution in [3.63, 3.8) is 0 Å². The van der Waals surface area contributed by atoms with E-state index in [1.165, 1.54) is 48.7 Å². The van der Waals surface area contributed by atoms with Crippen molar-refractivity contribution < 1.29 is 18.3 Å². The number of nitrogens with one attached hydrogen (secondary N) is 1. The molecule has 1 atom stereocenters. The van der Waals surface area contributed by atoms with Crippen LogP contribution in [0.25, 0.3) is 11.2 Å². The van der Waals surface area contributed by atoms with Crippen LogP contribution in [0.4, 0.5) is 13.2 Å². The van der Waals surface area contributed by atoms with E-state index in [4.69, 9.17) is 0 Å². The molecule has 2 N–H and O–H groups in total. The first kappa shape index (κ1) is 33.9. The highest BCUT2D eigenvalue weighted by atomic mass is 19.4. The number of imidazole rings is 1. The maximum atomic E-state index is 14.4. The van der Waals surface area contributed by atoms with Crippen LogP contribution in [0.3, 0.4) is 0 Å². The Morgan fingerprint density at radius 2 is 1.57 bits per heavy atom. The summed E-state index contributed by atoms with van der Waals surface area (Å²) < 4.78 is 47.1. The number of alkyl halides is 3. The van der Waals surface area contributed by atoms with Gasteiger partial charge in [-0.05, 0) is 93.0 Å². The van der Waals surface area contributed by atoms with Gasteiger partial charge >= 0.3 is 11.9 Å². The summed E-state index contributed by atoms with van der Waals surface area (Å²) in [6.45, 7) is 11.1. The second kappa shape index (κ2) is 14.4. The molecule has 0 radical (unpaired) electrons. The van der Waals surface area contributed by atoms with Crippen molar-refractivity contribution in [2.75, 3.05) is 65.4 Å². The van der Waals surface area contributed by atoms with Gasteiger partial charge in [0.1, 0.15) is 12.4 Å². The van der Waals surface area contributed by atoms with Gasteiger partial charge in [-0.2, -0.15) is 13.2 Å². The number of piperidine rings is 2. The first-order chi connectivity index (χ1) is 23.6. The number of rotatable bonds is 9. The van der Waals surface area contributed by atoms with Crippen molar-refractivity contribution in [3.05, 3.63) is 82.1 Å². The lowest BCUT2D eigenvalue weighted by Gasteiger charge is -2.39. The van der Waals surface area contributed by atoms with E-state index in [-0.39, 0.29) is 5.52 Å². The van der Waals surface area contributed by atoms with E-state index >= 15 is 0 Å². The number of piperazine rings is 1. The van der Waals surface area contributed by atoms with E-state index in [9.17, 15) is 23.1 Å². The first-order valence-corrected chi connectivity index (χ1v) is 17.5. The van der Waals surface area contributed by atoms with Crippen LogP contribution in [-0.2, 0) is 19.8 Å². The zero-order chi connectivity index (χ0) is 34.1. The molecule has 0 spiro atoms. The fraction of sp³-hybridized carbons (Fsp3) is 0.571. The third-order valence-electron chi connectivity index (χ3n) is 10.6. The Hall–Kier alpha value is -3.56. The molecular weight excluding hydrogens is 635 g/mol. The summed E-state index contributed by atoms with van der Waals surface area (Å²) in [4.78, 5) is 21.0. The molecule has 0 saturated carbocycles. The number of fused-ring (bicyclic) bond motifs is 1. The molecule has 6 heterocycles. The number of aryl methyl sites for hydroxylation is 1. The zero-order valence-corrected chi connectivity index (χ0v) is 28.0. The summed E-state index contributed by atoms with van der Waals surface area (Å²) in [6.07, 6.45) is 3.00. The summed E-state index contributed by atoms with van der Waals surface area (Å²) in [5, 5.41) is 22.0. The second-order valence-electron chi connectivity index (χ2n) is 14.1. The van der Waals surface area contributed by atoms with Crippen molar-refractivity contribution in [1.82, 2.24) is 43.7 Å². The van der Waals surface area contributed by atoms with Crippen LogP contribution in [0, 0.1) is 11.8 Å². The van der Waals surface area contributed by atoms with E-state index in [0.717, 1.165) is 82.1 Å². The van der Waals surface area contributed by atoms with Crippen LogP contribution in [0.15, 0.2) is 53.8 Å². The molecule has 0 unspecified atom stereocenters. The van der Waals surface area contributed by atoms with E-state index < -0.39 is 23.5 Å². The SMILES string of the molecule is Cn1cnnc1[C@H](O)c1cccc(-n2cc3c(C(F)(F)F)cc(CN4CCC(CN5CCC(CN6CCNCC6)CC5)CC4)cn3c2=O)c1. The van der Waals surface area contributed by atoms with Crippen LogP contribution in [0.1, 0.15) is 54.3 Å². The normalized spacial score (nSPS) is 20.3. The average molecular weight is 682 g/mol. The number of nitrogens with zero attached hydrogens (tertiary/aromatic N) is 8. The maximum Gasteiger partial charge on any atom is 0.418 e. The lowest BCUT2D eigenvalue weighted by molar-refractivity contribution is -0.136. The summed E-state index contributed by atoms with van der Waals surface area (Å²) in [6, 6.07) is 7.71. The van der Waals surface area contributed by atoms with Gasteiger partial charge in [-0.1, -0.05) is 12.1 Å². The number of benzene rings is 1. The van der Waals surface area contributed by atoms with Gasteiger partial charge in [-0.3, -0.25) is 13.9 Å². The highest BCUT2D eigenvalue weighted by Gasteiger charge is 2.35. The van der Waals surface area contributed by atoms with E-state index in [2.05, 4.69) is 30.2 Å². The fourth-order valence-corrected chi connectivity index (χ4v) is 7.84. The molecule has 7 rings (SSSR count). The second-order valence-corrected chi connectivity index (χ2v) is 14.1. The molecule has 3 aromatic heterocycles. The molecule has 264 valence electrons. The predicted molar refractivity (Wildman–Crippen MR) is 180 cm³/mol. The third kappa shape index (κ3) is 7.63. The Morgan fingerprint density at radius 1 is 0.918 bits per heavy atom. The molecule has 0 amide bonds. The van der Waals surface area contributed by atoms with Crippen molar-refractivity contribution in [2.45, 2.75) is 44.5 Å². The molecule has 4 aromatic rings. The minimum Gasteiger partial charge on any atom is -0.380 e. The van der Waals surface area contributed by atoms with Gasteiger partial charge < -0.3 is 24.8 Å². The molecule has 49 heavy (non-hydrogen) atoms. The largest absolute Gasteiger partial charge is 0.418 e. The smallest absolute Gasteiger partial charge is 0.380 e. The van der Waals surface area contributed by atoms with Gasteiger partial charge in [-0.25, -0.2) is 4.79 Å². The van der Waals surface area contributed by atoms with Crippen LogP contribution >= 0.6 is 0 Å². The zero-order valence-electron chi connectivity index (χ0n) is 28.0. The number of halogens is 3. The molecule has 3 aliphatic rings. The number of pyridine rings is 1. The molecule has 14 heteroatoms. The Labute approximate surface area is 283 Å². The molecule has 0 bridgehead atoms. The number of hydrogen-bond donors (Lipinski definition) is 2. The molecule has 3 fully saturated rings. The van der Waals surface area contributed by atoms with Gasteiger partial charge in [0.15, 0.2) is 5.82 Å². The van der Waals surface area contributed by atoms with Crippen LogP contribution in [0.2, 0.25) is 0 Å². The highest BCUT2D eigenvalue weighted by Crippen LogP contribution is 2.34. The average Bonchev–Trinajstić information content (AvgIpc) is 3.68. The standard InChI is InChI=1S/C35H46F3N9O2/c1-42-24-40-41-33(42)32(48)28-3-2-4-29(18-28)46-23-31-30(35(36,37)38)17-27(22-47(31)34(46)49)21-44-13-7-25(8-14-44)19-43-11-5-26(6-12-43)20-45-15-9-39-10-16-45/h2-4,17-18,22-26,32,39,48H,5-16,19-21H2,1H3/t32-/m1/s1. The lowest BCUT2D eigenvalue weighted by Crippen LogP contribution is -2.47. The Bertz CT molecular complexity index is 1780. The number of aliphatic hydroxyl groups is 1. The molecule has 3 saturated heterocycles. The minimum atomic E-state index is -4.64. The van der Waals surface area contributed by atoms with Crippen molar-refractivity contribution in [1.29, 1.82) is 0 Å². The van der Waals surface area contributed by atoms with Gasteiger partial charge in [0, 0.05) is 65.3 Å². The van der Waals surface area contributed by atoms with E-state index in [1.807, 2.05) is 0 Å². The lowest BCUT2D eigenvalue weighted by atomic mass is 9.92. The summed E-state index contributed by atoms with van der Waals surface area (Å²) in [7, 11) is 1.70. The molecule has 11 nitrogen and oxygen atoms in total. The maximum absolute atomic E-state index is 14.4. The Balaban J connectivity index is 1.00. The van der Waals surface area contributed by atoms with Crippen LogP contribution in [-0.4, -0.2) is 109 Å². The van der Waals surface area contributed by atoms with Gasteiger partial charge in [0.25, 0.3) is 0 Å². The molecule has 0 aliphatic carbocycles. The highest BCUT2D eigenvalue weighted by molar-refractivity contribution is 5.58. The van der Waals surface area contributed by atoms with Crippen molar-refractivity contribution >= 4 is 5.52 Å². The fourth-order valence-electron chi connectivity index (χ4n) is 7.84. The minimum absolute atomic E-state index is 0.212. The van der Waals surface area contributed by atoms with Crippen molar-refractivity contribution in [2.24, 2.45) is 18.9 Å². The molecule has 3 aliphatic heterocycles. The van der Waals surface area contributed by atoms with Gasteiger partial charge in [-0.15, -0.1) is 10.2 Å². The third-order valence-corrected chi connectivity index (χ3v) is 10.6. The molecule has 1 aromatic carbocycles. The van der Waals surface area contributed by atoms with Crippen molar-refractivity contribution in [3.8, 4) is 5.69 Å². The number of hydrogen-bond acceptors (Lipinski definition) is 8. The van der Waals surface area contributed by atoms with Crippen LogP contribution < -0.4 is 11.0 Å². The topological polar surface area (TPSA) is 99.1 Å². The van der Waals surface area contributed by atoms with E-state index in [1.54, 1.807) is 35.9 Å². The summed E-state index contributed by atoms with van der Waals surface area (Å²) >= 11 is 0. The summed E-state index contributed by atoms with van der Waals surface area (Å²) in [5.41, 5.74) is -0.430. The summed E-state index contributed by atoms with van der Waals surface area (Å²) in [5.74, 6) is 1.68. The number of aliphatic hydroxyl groups excluding tert-OH is 1. The van der Waals surface area contributed by atoms with E-state index in [0.29, 0.717) is 35.1 Å². The molecular formula is C35H46F3N9O2. The Morgan fingerprint density at radius 3 is 2.20 bits per heavy atom. The monoisotopic (exact) mass is 681 g/mol. The van der Waals surface area contributed by atoms with Gasteiger partial charge in [0.2, 0.25) is 0 Å². The quantitative estimate of drug-likeness (QED) is 0.278. The first-order valence-electron chi connectivity index (χ1n) is 17.5. The van der Waals surface area contributed by atoms with Gasteiger partial charge in [0.05, 0.1) is 16.8 Å². The Kier molecular flexibility index (Phi) is 9.93. The number of aromatic nitrogens is 5.